The molecule has 0 aliphatic heterocycles. The molecule has 0 aromatic carbocycles. The zero-order valence-electron chi connectivity index (χ0n) is 5.18. The molecule has 0 N–H and O–H groups in total. The summed E-state index contributed by atoms with van der Waals surface area (Å²) in [6.07, 6.45) is 1.92. The van der Waals surface area contributed by atoms with Gasteiger partial charge in [0.2, 0.25) is 0 Å². The van der Waals surface area contributed by atoms with Gasteiger partial charge < -0.3 is 28.7 Å². The smallest absolute Gasteiger partial charge is 0.358 e. The van der Waals surface area contributed by atoms with Crippen LogP contribution in [0.15, 0.2) is 0 Å². The standard InChI is InChI=1S/C4H8.2CH3.Fe/c1-3-4-2;;;/h1-4H2;2*1H3;/q-2;2*-1;+4. The van der Waals surface area contributed by atoms with Crippen molar-refractivity contribution in [2.45, 2.75) is 12.8 Å². The van der Waals surface area contributed by atoms with Crippen molar-refractivity contribution >= 4 is 0 Å². The fourth-order valence-corrected chi connectivity index (χ4v) is 0. The van der Waals surface area contributed by atoms with Gasteiger partial charge in [-0.3, -0.25) is 0 Å². The van der Waals surface area contributed by atoms with E-state index < -0.39 is 0 Å². The summed E-state index contributed by atoms with van der Waals surface area (Å²) in [6, 6.07) is 0. The molecule has 0 nitrogen and oxygen atoms in total. The van der Waals surface area contributed by atoms with E-state index in [2.05, 4.69) is 13.8 Å². The Bertz CT molecular complexity index is 6.14. The Morgan fingerprint density at radius 2 is 1.00 bits per heavy atom. The molecule has 1 heteroatoms. The number of hydrogen-bond donors (Lipinski definition) is 0. The first-order valence-electron chi connectivity index (χ1n) is 1.50. The number of rotatable bonds is 1. The SMILES string of the molecule is [CH2-]CC[CH2-].[CH3-].[CH3-].[Fe+4]. The van der Waals surface area contributed by atoms with Crippen LogP contribution >= 0.6 is 0 Å². The molecule has 7 heavy (non-hydrogen) atoms. The maximum Gasteiger partial charge on any atom is 4.00 e. The van der Waals surface area contributed by atoms with Gasteiger partial charge in [-0.1, -0.05) is 0 Å². The molecule has 46 valence electrons. The van der Waals surface area contributed by atoms with Crippen LogP contribution in [-0.4, -0.2) is 0 Å². The van der Waals surface area contributed by atoms with Gasteiger partial charge in [0.1, 0.15) is 0 Å². The third-order valence-corrected chi connectivity index (χ3v) is 0.250. The molecule has 0 aliphatic carbocycles. The van der Waals surface area contributed by atoms with Crippen molar-refractivity contribution in [3.63, 3.8) is 0 Å². The molecule has 0 saturated carbocycles. The van der Waals surface area contributed by atoms with Crippen LogP contribution in [-0.2, 0) is 17.1 Å². The molecule has 0 amide bonds. The molecule has 0 spiro atoms. The fraction of sp³-hybridized carbons (Fsp3) is 0.333. The molecule has 0 unspecified atom stereocenters. The van der Waals surface area contributed by atoms with Crippen LogP contribution in [0.1, 0.15) is 12.8 Å². The van der Waals surface area contributed by atoms with Gasteiger partial charge in [0.05, 0.1) is 0 Å². The van der Waals surface area contributed by atoms with E-state index in [1.807, 2.05) is 0 Å². The van der Waals surface area contributed by atoms with Crippen LogP contribution in [0.25, 0.3) is 0 Å². The van der Waals surface area contributed by atoms with Crippen LogP contribution in [0.3, 0.4) is 0 Å². The molecule has 0 aromatic rings. The minimum atomic E-state index is 0. The quantitative estimate of drug-likeness (QED) is 0.389. The summed E-state index contributed by atoms with van der Waals surface area (Å²) in [5.74, 6) is 0. The molecular weight excluding hydrogens is 128 g/mol. The van der Waals surface area contributed by atoms with E-state index in [9.17, 15) is 0 Å². The molecule has 0 aliphatic rings. The maximum absolute atomic E-state index is 3.54. The van der Waals surface area contributed by atoms with E-state index in [0.717, 1.165) is 12.8 Å². The van der Waals surface area contributed by atoms with Gasteiger partial charge in [-0.25, -0.2) is 12.8 Å². The van der Waals surface area contributed by atoms with Crippen LogP contribution < -0.4 is 0 Å². The van der Waals surface area contributed by atoms with Crippen LogP contribution in [0.5, 0.6) is 0 Å². The second-order valence-electron chi connectivity index (χ2n) is 0.707. The van der Waals surface area contributed by atoms with E-state index in [-0.39, 0.29) is 31.9 Å². The van der Waals surface area contributed by atoms with E-state index in [4.69, 9.17) is 0 Å². The summed E-state index contributed by atoms with van der Waals surface area (Å²) in [4.78, 5) is 0. The van der Waals surface area contributed by atoms with E-state index in [1.54, 1.807) is 0 Å². The first-order chi connectivity index (χ1) is 1.91. The zero-order chi connectivity index (χ0) is 3.41. The first kappa shape index (κ1) is 25.8. The number of unbranched alkanes of at least 4 members (excludes halogenated alkanes) is 1. The predicted octanol–water partition coefficient (Wildman–Crippen LogP) is 2.33. The Morgan fingerprint density at radius 1 is 0.857 bits per heavy atom. The van der Waals surface area contributed by atoms with Gasteiger partial charge >= 0.3 is 17.1 Å². The third-order valence-electron chi connectivity index (χ3n) is 0.250. The van der Waals surface area contributed by atoms with Crippen molar-refractivity contribution < 1.29 is 17.1 Å². The molecule has 0 heterocycles. The van der Waals surface area contributed by atoms with E-state index in [0.29, 0.717) is 0 Å². The Labute approximate surface area is 59.2 Å². The van der Waals surface area contributed by atoms with Crippen molar-refractivity contribution in [1.29, 1.82) is 0 Å². The molecule has 0 radical (unpaired) electrons. The summed E-state index contributed by atoms with van der Waals surface area (Å²) in [5.41, 5.74) is 0. The van der Waals surface area contributed by atoms with E-state index >= 15 is 0 Å². The van der Waals surface area contributed by atoms with Crippen LogP contribution in [0.4, 0.5) is 0 Å². The number of hydrogen-bond acceptors (Lipinski definition) is 0. The molecule has 0 bridgehead atoms. The summed E-state index contributed by atoms with van der Waals surface area (Å²) in [6.45, 7) is 7.08. The third kappa shape index (κ3) is 57.7. The second kappa shape index (κ2) is 31.3. The van der Waals surface area contributed by atoms with Gasteiger partial charge in [0.25, 0.3) is 0 Å². The molecule has 0 fully saturated rings. The average Bonchev–Trinajstić information content (AvgIpc) is 1.37. The summed E-state index contributed by atoms with van der Waals surface area (Å²) in [7, 11) is 0. The van der Waals surface area contributed by atoms with Gasteiger partial charge in [-0.05, 0) is 0 Å². The van der Waals surface area contributed by atoms with E-state index in [1.165, 1.54) is 0 Å². The summed E-state index contributed by atoms with van der Waals surface area (Å²) < 4.78 is 0. The Hall–Kier alpha value is 0.519. The second-order valence-corrected chi connectivity index (χ2v) is 0.707. The van der Waals surface area contributed by atoms with Crippen LogP contribution in [0, 0.1) is 28.7 Å². The monoisotopic (exact) mass is 142 g/mol. The molecular formula is C6H14Fe. The fourth-order valence-electron chi connectivity index (χ4n) is 0. The van der Waals surface area contributed by atoms with Gasteiger partial charge in [0.15, 0.2) is 0 Å². The Balaban J connectivity index is -0.0000000150. The van der Waals surface area contributed by atoms with Gasteiger partial charge in [-0.15, -0.1) is 0 Å². The van der Waals surface area contributed by atoms with Crippen molar-refractivity contribution in [2.75, 3.05) is 0 Å². The van der Waals surface area contributed by atoms with Crippen molar-refractivity contribution in [2.24, 2.45) is 0 Å². The largest absolute Gasteiger partial charge is 4.00 e. The zero-order valence-corrected chi connectivity index (χ0v) is 6.29. The van der Waals surface area contributed by atoms with Gasteiger partial charge in [0, 0.05) is 0 Å². The van der Waals surface area contributed by atoms with Crippen LogP contribution in [0.2, 0.25) is 0 Å². The maximum atomic E-state index is 3.54. The predicted molar refractivity (Wildman–Crippen MR) is 32.8 cm³/mol. The average molecular weight is 142 g/mol. The summed E-state index contributed by atoms with van der Waals surface area (Å²) in [5, 5.41) is 0. The Kier molecular flexibility index (Phi) is 115. The molecule has 0 atom stereocenters. The Morgan fingerprint density at radius 3 is 1.00 bits per heavy atom. The molecule has 0 saturated heterocycles. The topological polar surface area (TPSA) is 0 Å². The van der Waals surface area contributed by atoms with Crippen molar-refractivity contribution in [3.8, 4) is 0 Å². The van der Waals surface area contributed by atoms with Crippen molar-refractivity contribution in [1.82, 2.24) is 0 Å². The normalized spacial score (nSPS) is 4.29. The minimum Gasteiger partial charge on any atom is -0.358 e. The molecule has 0 aromatic heterocycles. The summed E-state index contributed by atoms with van der Waals surface area (Å²) >= 11 is 0. The van der Waals surface area contributed by atoms with Gasteiger partial charge in [-0.2, -0.15) is 0 Å². The molecule has 0 rings (SSSR count). The van der Waals surface area contributed by atoms with Crippen molar-refractivity contribution in [3.05, 3.63) is 28.7 Å². The first-order valence-corrected chi connectivity index (χ1v) is 1.50. The minimum absolute atomic E-state index is 0.